The Bertz CT molecular complexity index is 1120. The van der Waals surface area contributed by atoms with E-state index in [4.69, 9.17) is 9.15 Å². The van der Waals surface area contributed by atoms with Crippen LogP contribution in [0.15, 0.2) is 59.1 Å². The van der Waals surface area contributed by atoms with Gasteiger partial charge in [0, 0.05) is 39.0 Å². The zero-order valence-corrected chi connectivity index (χ0v) is 18.5. The second-order valence-electron chi connectivity index (χ2n) is 7.89. The number of halogens is 1. The standard InChI is InChI=1S/C25H26FN3O4/c1-32-19-6-4-5-18(15-19)16-25(31)29-13-11-28(12-14-29)24(30)10-9-23-27-17-22(33-23)20-7-2-3-8-21(20)26/h2-8,15,17H,9-14,16H2,1H3. The van der Waals surface area contributed by atoms with Crippen molar-refractivity contribution in [3.05, 3.63) is 72.0 Å². The average Bonchev–Trinajstić information content (AvgIpc) is 3.32. The van der Waals surface area contributed by atoms with Crippen LogP contribution in [0, 0.1) is 5.82 Å². The highest BCUT2D eigenvalue weighted by atomic mass is 19.1. The Labute approximate surface area is 191 Å². The molecule has 0 saturated carbocycles. The molecule has 7 nitrogen and oxygen atoms in total. The minimum Gasteiger partial charge on any atom is -0.497 e. The molecule has 172 valence electrons. The molecular weight excluding hydrogens is 425 g/mol. The Morgan fingerprint density at radius 2 is 1.76 bits per heavy atom. The number of hydrogen-bond donors (Lipinski definition) is 0. The van der Waals surface area contributed by atoms with Crippen LogP contribution in [0.4, 0.5) is 4.39 Å². The van der Waals surface area contributed by atoms with E-state index >= 15 is 0 Å². The van der Waals surface area contributed by atoms with Gasteiger partial charge >= 0.3 is 0 Å². The van der Waals surface area contributed by atoms with E-state index in [2.05, 4.69) is 4.98 Å². The molecule has 2 heterocycles. The zero-order valence-electron chi connectivity index (χ0n) is 18.5. The molecule has 1 aliphatic rings. The minimum absolute atomic E-state index is 0.0134. The summed E-state index contributed by atoms with van der Waals surface area (Å²) < 4.78 is 24.7. The smallest absolute Gasteiger partial charge is 0.227 e. The third-order valence-corrected chi connectivity index (χ3v) is 5.72. The third kappa shape index (κ3) is 5.58. The normalized spacial score (nSPS) is 13.8. The molecule has 33 heavy (non-hydrogen) atoms. The Morgan fingerprint density at radius 1 is 1.03 bits per heavy atom. The second-order valence-corrected chi connectivity index (χ2v) is 7.89. The van der Waals surface area contributed by atoms with Crippen molar-refractivity contribution < 1.29 is 23.1 Å². The third-order valence-electron chi connectivity index (χ3n) is 5.72. The molecule has 0 radical (unpaired) electrons. The summed E-state index contributed by atoms with van der Waals surface area (Å²) in [5.74, 6) is 1.11. The number of amides is 2. The van der Waals surface area contributed by atoms with E-state index in [1.807, 2.05) is 24.3 Å². The summed E-state index contributed by atoms with van der Waals surface area (Å²) in [6.07, 6.45) is 2.36. The highest BCUT2D eigenvalue weighted by Gasteiger charge is 2.24. The Kier molecular flexibility index (Phi) is 7.02. The van der Waals surface area contributed by atoms with Crippen molar-refractivity contribution in [2.75, 3.05) is 33.3 Å². The molecule has 2 aromatic carbocycles. The number of hydrogen-bond acceptors (Lipinski definition) is 5. The first kappa shape index (κ1) is 22.5. The van der Waals surface area contributed by atoms with Crippen LogP contribution in [0.5, 0.6) is 5.75 Å². The van der Waals surface area contributed by atoms with Gasteiger partial charge in [0.15, 0.2) is 11.7 Å². The molecule has 0 spiro atoms. The number of carbonyl (C=O) groups is 2. The number of aryl methyl sites for hydroxylation is 1. The number of oxazole rings is 1. The largest absolute Gasteiger partial charge is 0.497 e. The van der Waals surface area contributed by atoms with Crippen molar-refractivity contribution >= 4 is 11.8 Å². The monoisotopic (exact) mass is 451 g/mol. The fraction of sp³-hybridized carbons (Fsp3) is 0.320. The van der Waals surface area contributed by atoms with Crippen molar-refractivity contribution in [3.8, 4) is 17.1 Å². The van der Waals surface area contributed by atoms with Crippen LogP contribution >= 0.6 is 0 Å². The summed E-state index contributed by atoms with van der Waals surface area (Å²) >= 11 is 0. The molecule has 1 aliphatic heterocycles. The lowest BCUT2D eigenvalue weighted by atomic mass is 10.1. The Balaban J connectivity index is 1.24. The summed E-state index contributed by atoms with van der Waals surface area (Å²) in [5.41, 5.74) is 1.25. The molecule has 2 amide bonds. The highest BCUT2D eigenvalue weighted by molar-refractivity contribution is 5.80. The van der Waals surface area contributed by atoms with E-state index < -0.39 is 0 Å². The molecule has 8 heteroatoms. The Morgan fingerprint density at radius 3 is 2.48 bits per heavy atom. The SMILES string of the molecule is COc1cccc(CC(=O)N2CCN(C(=O)CCc3ncc(-c4ccccc4F)o3)CC2)c1. The topological polar surface area (TPSA) is 75.9 Å². The van der Waals surface area contributed by atoms with Gasteiger partial charge in [0.1, 0.15) is 11.6 Å². The lowest BCUT2D eigenvalue weighted by Crippen LogP contribution is -2.51. The van der Waals surface area contributed by atoms with Gasteiger partial charge in [0.25, 0.3) is 0 Å². The molecular formula is C25H26FN3O4. The van der Waals surface area contributed by atoms with Crippen LogP contribution in [0.3, 0.4) is 0 Å². The van der Waals surface area contributed by atoms with Crippen molar-refractivity contribution in [2.24, 2.45) is 0 Å². The first-order valence-electron chi connectivity index (χ1n) is 10.9. The molecule has 0 N–H and O–H groups in total. The lowest BCUT2D eigenvalue weighted by Gasteiger charge is -2.35. The number of carbonyl (C=O) groups excluding carboxylic acids is 2. The van der Waals surface area contributed by atoms with Gasteiger partial charge in [-0.05, 0) is 29.8 Å². The fourth-order valence-corrected chi connectivity index (χ4v) is 3.86. The van der Waals surface area contributed by atoms with Crippen LogP contribution in [-0.2, 0) is 22.4 Å². The Hall–Kier alpha value is -3.68. The zero-order chi connectivity index (χ0) is 23.2. The van der Waals surface area contributed by atoms with E-state index in [0.717, 1.165) is 11.3 Å². The molecule has 1 saturated heterocycles. The van der Waals surface area contributed by atoms with Gasteiger partial charge in [0.2, 0.25) is 11.8 Å². The first-order chi connectivity index (χ1) is 16.0. The maximum absolute atomic E-state index is 13.9. The first-order valence-corrected chi connectivity index (χ1v) is 10.9. The molecule has 0 unspecified atom stereocenters. The van der Waals surface area contributed by atoms with Crippen molar-refractivity contribution in [1.29, 1.82) is 0 Å². The van der Waals surface area contributed by atoms with Crippen molar-refractivity contribution in [1.82, 2.24) is 14.8 Å². The van der Waals surface area contributed by atoms with E-state index in [0.29, 0.717) is 56.2 Å². The van der Waals surface area contributed by atoms with Gasteiger partial charge in [-0.2, -0.15) is 0 Å². The second kappa shape index (κ2) is 10.3. The number of nitrogens with zero attached hydrogens (tertiary/aromatic N) is 3. The van der Waals surface area contributed by atoms with Crippen LogP contribution in [0.2, 0.25) is 0 Å². The predicted octanol–water partition coefficient (Wildman–Crippen LogP) is 3.34. The number of piperazine rings is 1. The van der Waals surface area contributed by atoms with Crippen LogP contribution < -0.4 is 4.74 Å². The average molecular weight is 451 g/mol. The highest BCUT2D eigenvalue weighted by Crippen LogP contribution is 2.23. The minimum atomic E-state index is -0.380. The number of rotatable bonds is 7. The van der Waals surface area contributed by atoms with E-state index in [1.54, 1.807) is 35.1 Å². The maximum Gasteiger partial charge on any atom is 0.227 e. The predicted molar refractivity (Wildman–Crippen MR) is 120 cm³/mol. The van der Waals surface area contributed by atoms with Crippen molar-refractivity contribution in [3.63, 3.8) is 0 Å². The summed E-state index contributed by atoms with van der Waals surface area (Å²) in [7, 11) is 1.60. The van der Waals surface area contributed by atoms with Gasteiger partial charge < -0.3 is 19.0 Å². The summed E-state index contributed by atoms with van der Waals surface area (Å²) in [6.45, 7) is 2.00. The number of aromatic nitrogens is 1. The summed E-state index contributed by atoms with van der Waals surface area (Å²) in [5, 5.41) is 0. The van der Waals surface area contributed by atoms with E-state index in [-0.39, 0.29) is 24.1 Å². The molecule has 1 aromatic heterocycles. The molecule has 0 aliphatic carbocycles. The van der Waals surface area contributed by atoms with Crippen LogP contribution in [0.25, 0.3) is 11.3 Å². The van der Waals surface area contributed by atoms with E-state index in [1.165, 1.54) is 12.3 Å². The maximum atomic E-state index is 13.9. The quantitative estimate of drug-likeness (QED) is 0.551. The number of benzene rings is 2. The van der Waals surface area contributed by atoms with Gasteiger partial charge in [0.05, 0.1) is 25.3 Å². The lowest BCUT2D eigenvalue weighted by molar-refractivity contribution is -0.139. The molecule has 4 rings (SSSR count). The van der Waals surface area contributed by atoms with Gasteiger partial charge in [-0.3, -0.25) is 9.59 Å². The van der Waals surface area contributed by atoms with Crippen molar-refractivity contribution in [2.45, 2.75) is 19.3 Å². The summed E-state index contributed by atoms with van der Waals surface area (Å²) in [6, 6.07) is 13.8. The molecule has 0 bridgehead atoms. The van der Waals surface area contributed by atoms with Gasteiger partial charge in [-0.1, -0.05) is 24.3 Å². The number of methoxy groups -OCH3 is 1. The molecule has 0 atom stereocenters. The molecule has 3 aromatic rings. The van der Waals surface area contributed by atoms with Crippen LogP contribution in [-0.4, -0.2) is 59.9 Å². The summed E-state index contributed by atoms with van der Waals surface area (Å²) in [4.78, 5) is 33.0. The number of ether oxygens (including phenoxy) is 1. The molecule has 1 fully saturated rings. The van der Waals surface area contributed by atoms with Crippen LogP contribution in [0.1, 0.15) is 17.9 Å². The fourth-order valence-electron chi connectivity index (χ4n) is 3.86. The van der Waals surface area contributed by atoms with Gasteiger partial charge in [-0.15, -0.1) is 0 Å². The van der Waals surface area contributed by atoms with E-state index in [9.17, 15) is 14.0 Å². The van der Waals surface area contributed by atoms with Gasteiger partial charge in [-0.25, -0.2) is 9.37 Å².